The molecule has 0 radical (unpaired) electrons. The van der Waals surface area contributed by atoms with Crippen LogP contribution in [0, 0.1) is 26.2 Å². The van der Waals surface area contributed by atoms with Crippen LogP contribution in [-0.4, -0.2) is 19.3 Å². The Bertz CT molecular complexity index is 2470. The molecule has 54 heavy (non-hydrogen) atoms. The maximum atomic E-state index is 6.62. The van der Waals surface area contributed by atoms with Crippen molar-refractivity contribution in [2.75, 3.05) is 0 Å². The van der Waals surface area contributed by atoms with E-state index in [0.29, 0.717) is 0 Å². The molecule has 3 heterocycles. The first kappa shape index (κ1) is 37.2. The van der Waals surface area contributed by atoms with Crippen LogP contribution in [0.1, 0.15) is 102 Å². The molecule has 5 nitrogen and oxygen atoms in total. The first-order valence-electron chi connectivity index (χ1n) is 19.4. The molecule has 0 spiro atoms. The Labute approximate surface area is 322 Å². The Hall–Kier alpha value is -5.16. The van der Waals surface area contributed by atoms with Gasteiger partial charge in [-0.05, 0) is 131 Å². The first-order chi connectivity index (χ1) is 25.4. The van der Waals surface area contributed by atoms with Gasteiger partial charge in [-0.15, -0.1) is 0 Å². The Morgan fingerprint density at radius 1 is 0.648 bits per heavy atom. The van der Waals surface area contributed by atoms with Crippen molar-refractivity contribution in [1.82, 2.24) is 19.3 Å². The fourth-order valence-electron chi connectivity index (χ4n) is 8.26. The predicted octanol–water partition coefficient (Wildman–Crippen LogP) is 13.3. The number of rotatable bonds is 7. The molecule has 3 aromatic heterocycles. The largest absolute Gasteiger partial charge is 0.457 e. The van der Waals surface area contributed by atoms with Gasteiger partial charge in [0.05, 0.1) is 22.9 Å². The predicted molar refractivity (Wildman–Crippen MR) is 227 cm³/mol. The van der Waals surface area contributed by atoms with Gasteiger partial charge in [-0.1, -0.05) is 86.6 Å². The van der Waals surface area contributed by atoms with Crippen LogP contribution in [0.4, 0.5) is 0 Å². The summed E-state index contributed by atoms with van der Waals surface area (Å²) in [6, 6.07) is 27.5. The SMILES string of the molecule is Cc1c(C)c(C(C)(C)C)c(-c2cnn(-c3cccc(Oc4ccc5c6ccccc6n(-c6cc(CCC(C)(C)C)ccn6)c5c4)c3)c2)c(C(C)(C)C)c1C. The number of aryl methyl sites for hydroxylation is 1. The molecule has 0 aliphatic rings. The van der Waals surface area contributed by atoms with Crippen LogP contribution in [0.15, 0.2) is 97.5 Å². The second kappa shape index (κ2) is 13.6. The zero-order valence-electron chi connectivity index (χ0n) is 34.3. The summed E-state index contributed by atoms with van der Waals surface area (Å²) in [5.74, 6) is 2.44. The summed E-state index contributed by atoms with van der Waals surface area (Å²) in [4.78, 5) is 4.87. The van der Waals surface area contributed by atoms with Crippen LogP contribution in [0.3, 0.4) is 0 Å². The van der Waals surface area contributed by atoms with Gasteiger partial charge in [-0.3, -0.25) is 4.57 Å². The minimum Gasteiger partial charge on any atom is -0.457 e. The van der Waals surface area contributed by atoms with Crippen molar-refractivity contribution in [2.45, 2.75) is 107 Å². The highest BCUT2D eigenvalue weighted by Crippen LogP contribution is 2.46. The van der Waals surface area contributed by atoms with Gasteiger partial charge in [0.25, 0.3) is 0 Å². The molecule has 0 aliphatic heterocycles. The third-order valence-electron chi connectivity index (χ3n) is 10.9. The van der Waals surface area contributed by atoms with Gasteiger partial charge in [0.2, 0.25) is 0 Å². The smallest absolute Gasteiger partial charge is 0.137 e. The van der Waals surface area contributed by atoms with E-state index in [9.17, 15) is 0 Å². The molecule has 0 N–H and O–H groups in total. The highest BCUT2D eigenvalue weighted by molar-refractivity contribution is 6.09. The maximum absolute atomic E-state index is 6.62. The van der Waals surface area contributed by atoms with Crippen molar-refractivity contribution in [3.63, 3.8) is 0 Å². The van der Waals surface area contributed by atoms with Crippen LogP contribution in [0.25, 0.3) is 44.4 Å². The van der Waals surface area contributed by atoms with Gasteiger partial charge >= 0.3 is 0 Å². The first-order valence-corrected chi connectivity index (χ1v) is 19.4. The molecular formula is C49H56N4O. The molecule has 0 saturated carbocycles. The van der Waals surface area contributed by atoms with Gasteiger partial charge < -0.3 is 4.74 Å². The van der Waals surface area contributed by atoms with Crippen molar-refractivity contribution in [3.05, 3.63) is 131 Å². The zero-order chi connectivity index (χ0) is 38.7. The average molecular weight is 717 g/mol. The van der Waals surface area contributed by atoms with Crippen molar-refractivity contribution >= 4 is 21.8 Å². The number of benzene rings is 4. The van der Waals surface area contributed by atoms with Crippen LogP contribution in [0.2, 0.25) is 0 Å². The summed E-state index contributed by atoms with van der Waals surface area (Å²) >= 11 is 0. The average Bonchev–Trinajstić information content (AvgIpc) is 3.72. The molecule has 0 atom stereocenters. The van der Waals surface area contributed by atoms with Crippen LogP contribution in [-0.2, 0) is 17.3 Å². The molecule has 0 bridgehead atoms. The molecule has 4 aromatic carbocycles. The fourth-order valence-corrected chi connectivity index (χ4v) is 8.26. The van der Waals surface area contributed by atoms with Gasteiger partial charge in [-0.2, -0.15) is 5.10 Å². The van der Waals surface area contributed by atoms with E-state index in [1.165, 1.54) is 49.7 Å². The summed E-state index contributed by atoms with van der Waals surface area (Å²) in [6.07, 6.45) is 8.27. The van der Waals surface area contributed by atoms with E-state index in [4.69, 9.17) is 14.8 Å². The molecule has 7 rings (SSSR count). The normalized spacial score (nSPS) is 12.6. The van der Waals surface area contributed by atoms with Crippen LogP contribution < -0.4 is 4.74 Å². The van der Waals surface area contributed by atoms with Gasteiger partial charge in [0, 0.05) is 40.9 Å². The highest BCUT2D eigenvalue weighted by Gasteiger charge is 2.31. The Kier molecular flexibility index (Phi) is 9.36. The lowest BCUT2D eigenvalue weighted by Gasteiger charge is -2.34. The van der Waals surface area contributed by atoms with Gasteiger partial charge in [0.15, 0.2) is 0 Å². The van der Waals surface area contributed by atoms with E-state index >= 15 is 0 Å². The van der Waals surface area contributed by atoms with E-state index < -0.39 is 0 Å². The number of fused-ring (bicyclic) bond motifs is 3. The molecule has 0 saturated heterocycles. The summed E-state index contributed by atoms with van der Waals surface area (Å²) < 4.78 is 10.9. The number of aromatic nitrogens is 4. The summed E-state index contributed by atoms with van der Waals surface area (Å²) in [6.45, 7) is 27.7. The molecule has 5 heteroatoms. The summed E-state index contributed by atoms with van der Waals surface area (Å²) in [5.41, 5.74) is 14.0. The molecule has 0 amide bonds. The maximum Gasteiger partial charge on any atom is 0.137 e. The monoisotopic (exact) mass is 716 g/mol. The number of hydrogen-bond acceptors (Lipinski definition) is 3. The van der Waals surface area contributed by atoms with E-state index in [1.807, 2.05) is 29.2 Å². The number of nitrogens with zero attached hydrogens (tertiary/aromatic N) is 4. The van der Waals surface area contributed by atoms with Gasteiger partial charge in [0.1, 0.15) is 17.3 Å². The number of pyridine rings is 1. The molecule has 0 fully saturated rings. The van der Waals surface area contributed by atoms with E-state index in [-0.39, 0.29) is 16.2 Å². The molecule has 278 valence electrons. The van der Waals surface area contributed by atoms with Crippen molar-refractivity contribution in [2.24, 2.45) is 5.41 Å². The second-order valence-electron chi connectivity index (χ2n) is 18.4. The zero-order valence-corrected chi connectivity index (χ0v) is 34.3. The quantitative estimate of drug-likeness (QED) is 0.165. The third-order valence-corrected chi connectivity index (χ3v) is 10.9. The Morgan fingerprint density at radius 3 is 2.00 bits per heavy atom. The van der Waals surface area contributed by atoms with Crippen molar-refractivity contribution in [3.8, 4) is 34.1 Å². The lowest BCUT2D eigenvalue weighted by Crippen LogP contribution is -2.23. The number of para-hydroxylation sites is 1. The highest BCUT2D eigenvalue weighted by atomic mass is 16.5. The number of hydrogen-bond donors (Lipinski definition) is 0. The summed E-state index contributed by atoms with van der Waals surface area (Å²) in [7, 11) is 0. The van der Waals surface area contributed by atoms with E-state index in [1.54, 1.807) is 0 Å². The standard InChI is InChI=1S/C49H56N4O/c1-31-32(2)45(48(7,8)9)44(46(33(31)3)49(10,11)12)35-29-51-52(30-35)36-16-15-17-37(27-36)54-38-20-21-40-39-18-13-14-19-41(39)53(42(40)28-38)43-26-34(23-25-50-43)22-24-47(4,5)6/h13-21,23,25-30H,22,24H2,1-12H3. The minimum absolute atomic E-state index is 0.0361. The second-order valence-corrected chi connectivity index (χ2v) is 18.4. The fraction of sp³-hybridized carbons (Fsp3) is 0.347. The molecule has 0 aliphatic carbocycles. The van der Waals surface area contributed by atoms with Gasteiger partial charge in [-0.25, -0.2) is 9.67 Å². The summed E-state index contributed by atoms with van der Waals surface area (Å²) in [5, 5.41) is 7.30. The topological polar surface area (TPSA) is 44.9 Å². The molecule has 0 unspecified atom stereocenters. The van der Waals surface area contributed by atoms with E-state index in [2.05, 4.69) is 161 Å². The number of ether oxygens (including phenoxy) is 1. The van der Waals surface area contributed by atoms with Crippen molar-refractivity contribution in [1.29, 1.82) is 0 Å². The Balaban J connectivity index is 1.26. The lowest BCUT2D eigenvalue weighted by atomic mass is 9.70. The van der Waals surface area contributed by atoms with Crippen LogP contribution in [0.5, 0.6) is 11.5 Å². The van der Waals surface area contributed by atoms with E-state index in [0.717, 1.165) is 52.4 Å². The van der Waals surface area contributed by atoms with Crippen molar-refractivity contribution < 1.29 is 4.74 Å². The molecule has 7 aromatic rings. The molecular weight excluding hydrogens is 661 g/mol. The third kappa shape index (κ3) is 7.09. The van der Waals surface area contributed by atoms with Crippen LogP contribution >= 0.6 is 0 Å². The minimum atomic E-state index is -0.0361. The Morgan fingerprint density at radius 2 is 1.31 bits per heavy atom. The lowest BCUT2D eigenvalue weighted by molar-refractivity contribution is 0.378.